The number of nitriles is 4. The fourth-order valence-corrected chi connectivity index (χ4v) is 1.04. The molecule has 0 fully saturated rings. The maximum absolute atomic E-state index is 8.62. The fraction of sp³-hybridized carbons (Fsp3) is 0. The van der Waals surface area contributed by atoms with Crippen molar-refractivity contribution in [1.29, 1.82) is 21.0 Å². The molecule has 4 nitrogen and oxygen atoms in total. The summed E-state index contributed by atoms with van der Waals surface area (Å²) in [6.07, 6.45) is 0. The predicted molar refractivity (Wildman–Crippen MR) is 53.8 cm³/mol. The third kappa shape index (κ3) is 3.81. The van der Waals surface area contributed by atoms with Crippen LogP contribution in [0.4, 0.5) is 0 Å². The monoisotopic (exact) mass is 242 g/mol. The van der Waals surface area contributed by atoms with Crippen molar-refractivity contribution in [2.75, 3.05) is 0 Å². The van der Waals surface area contributed by atoms with Gasteiger partial charge in [-0.2, -0.15) is 10.5 Å². The Balaban J connectivity index is 0.00000256. The molecule has 0 radical (unpaired) electrons. The number of hydrogen-bond donors (Lipinski definition) is 0. The molecule has 0 atom stereocenters. The summed E-state index contributed by atoms with van der Waals surface area (Å²) in [5.74, 6) is 0. The van der Waals surface area contributed by atoms with Crippen molar-refractivity contribution in [3.63, 3.8) is 0 Å². The average Bonchev–Trinajstić information content (AvgIpc) is 2.34. The molecule has 17 heavy (non-hydrogen) atoms. The Hall–Kier alpha value is -1.44. The van der Waals surface area contributed by atoms with E-state index in [1.54, 1.807) is 24.3 Å². The van der Waals surface area contributed by atoms with Gasteiger partial charge in [-0.15, -0.1) is 29.5 Å². The first kappa shape index (κ1) is 15.6. The minimum Gasteiger partial charge on any atom is -0.203 e. The summed E-state index contributed by atoms with van der Waals surface area (Å²) in [4.78, 5) is 0. The third-order valence-electron chi connectivity index (χ3n) is 1.82. The van der Waals surface area contributed by atoms with Crippen LogP contribution in [0.5, 0.6) is 0 Å². The molecule has 1 aromatic rings. The van der Waals surface area contributed by atoms with Crippen LogP contribution in [-0.2, 0) is 0 Å². The molecule has 5 heteroatoms. The molecule has 0 amide bonds. The van der Waals surface area contributed by atoms with Gasteiger partial charge >= 0.3 is 51.4 Å². The Morgan fingerprint density at radius 3 is 1.76 bits per heavy atom. The molecule has 0 N–H and O–H groups in total. The van der Waals surface area contributed by atoms with Crippen LogP contribution in [0.15, 0.2) is 18.2 Å². The van der Waals surface area contributed by atoms with E-state index in [0.29, 0.717) is 10.4 Å². The molecular formula is C12H3KN4. The van der Waals surface area contributed by atoms with E-state index in [9.17, 15) is 0 Å². The first-order valence-electron chi connectivity index (χ1n) is 4.13. The van der Waals surface area contributed by atoms with Crippen LogP contribution in [0.3, 0.4) is 0 Å². The van der Waals surface area contributed by atoms with E-state index >= 15 is 0 Å². The number of benzene rings is 1. The quantitative estimate of drug-likeness (QED) is 0.355. The van der Waals surface area contributed by atoms with Gasteiger partial charge < -0.3 is 0 Å². The van der Waals surface area contributed by atoms with Gasteiger partial charge in [-0.05, 0) is 0 Å². The number of rotatable bonds is 0. The molecular weight excluding hydrogens is 239 g/mol. The molecule has 0 saturated carbocycles. The van der Waals surface area contributed by atoms with Crippen molar-refractivity contribution in [3.05, 3.63) is 34.7 Å². The summed E-state index contributed by atoms with van der Waals surface area (Å²) in [6.45, 7) is 0. The zero-order valence-electron chi connectivity index (χ0n) is 9.02. The molecule has 0 unspecified atom stereocenters. The predicted octanol–water partition coefficient (Wildman–Crippen LogP) is -3.11. The van der Waals surface area contributed by atoms with Gasteiger partial charge in [0.2, 0.25) is 0 Å². The maximum Gasteiger partial charge on any atom is 1.00 e. The normalized spacial score (nSPS) is 7.29. The number of hydrogen-bond acceptors (Lipinski definition) is 4. The third-order valence-corrected chi connectivity index (χ3v) is 1.82. The molecule has 0 spiro atoms. The first-order valence-corrected chi connectivity index (χ1v) is 4.13. The second-order valence-corrected chi connectivity index (χ2v) is 2.69. The van der Waals surface area contributed by atoms with E-state index in [-0.39, 0.29) is 62.5 Å². The molecule has 72 valence electrons. The minimum atomic E-state index is -0.0537. The fourth-order valence-electron chi connectivity index (χ4n) is 1.04. The molecule has 1 aromatic carbocycles. The topological polar surface area (TPSA) is 95.2 Å². The Morgan fingerprint density at radius 1 is 0.882 bits per heavy atom. The Labute approximate surface area is 141 Å². The molecule has 0 aliphatic carbocycles. The summed E-state index contributed by atoms with van der Waals surface area (Å²) in [5, 5.41) is 35.2. The van der Waals surface area contributed by atoms with Crippen molar-refractivity contribution >= 4 is 11.1 Å². The van der Waals surface area contributed by atoms with Crippen LogP contribution < -0.4 is 61.8 Å². The van der Waals surface area contributed by atoms with Gasteiger partial charge in [-0.25, -0.2) is 10.5 Å². The maximum atomic E-state index is 8.62. The second-order valence-electron chi connectivity index (χ2n) is 2.69. The van der Waals surface area contributed by atoms with E-state index in [4.69, 9.17) is 21.0 Å². The molecule has 0 saturated heterocycles. The SMILES string of the molecule is N#CC(C#N)=c1[c-]cc(=C(C#N)C#N)cc1.[K+]. The van der Waals surface area contributed by atoms with Gasteiger partial charge in [0.15, 0.2) is 0 Å². The first-order chi connectivity index (χ1) is 7.76. The van der Waals surface area contributed by atoms with Crippen LogP contribution >= 0.6 is 0 Å². The molecule has 1 rings (SSSR count). The van der Waals surface area contributed by atoms with Crippen LogP contribution in [0.25, 0.3) is 11.1 Å². The largest absolute Gasteiger partial charge is 1.00 e. The van der Waals surface area contributed by atoms with E-state index in [0.717, 1.165) is 0 Å². The van der Waals surface area contributed by atoms with Crippen molar-refractivity contribution in [2.24, 2.45) is 0 Å². The van der Waals surface area contributed by atoms with Crippen molar-refractivity contribution in [3.8, 4) is 24.3 Å². The summed E-state index contributed by atoms with van der Waals surface area (Å²) in [6, 6.07) is 14.0. The van der Waals surface area contributed by atoms with Crippen LogP contribution in [0.1, 0.15) is 0 Å². The van der Waals surface area contributed by atoms with Gasteiger partial charge in [0, 0.05) is 0 Å². The van der Waals surface area contributed by atoms with Crippen molar-refractivity contribution in [2.45, 2.75) is 0 Å². The van der Waals surface area contributed by atoms with Gasteiger partial charge in [0.1, 0.15) is 12.1 Å². The Kier molecular flexibility index (Phi) is 7.11. The Bertz CT molecular complexity index is 587. The minimum absolute atomic E-state index is 0. The molecule has 0 aromatic heterocycles. The molecule has 0 heterocycles. The summed E-state index contributed by atoms with van der Waals surface area (Å²) < 4.78 is 0. The van der Waals surface area contributed by atoms with Crippen LogP contribution in [0, 0.1) is 51.4 Å². The van der Waals surface area contributed by atoms with Gasteiger partial charge in [-0.3, -0.25) is 0 Å². The molecule has 0 aliphatic heterocycles. The van der Waals surface area contributed by atoms with E-state index in [1.807, 2.05) is 0 Å². The number of nitrogens with zero attached hydrogens (tertiary/aromatic N) is 4. The zero-order valence-corrected chi connectivity index (χ0v) is 12.1. The summed E-state index contributed by atoms with van der Waals surface area (Å²) in [7, 11) is 0. The average molecular weight is 242 g/mol. The van der Waals surface area contributed by atoms with Crippen LogP contribution in [0.2, 0.25) is 0 Å². The zero-order chi connectivity index (χ0) is 12.0. The molecule has 0 aliphatic rings. The smallest absolute Gasteiger partial charge is 0.203 e. The standard InChI is InChI=1S/C12H3N4.K/c13-5-11(6-14)9-1-2-10(4-3-9)12(7-15)8-16;/h1-3H;/q-1;+1. The van der Waals surface area contributed by atoms with Gasteiger partial charge in [0.05, 0.1) is 23.3 Å². The Morgan fingerprint density at radius 2 is 1.41 bits per heavy atom. The van der Waals surface area contributed by atoms with Crippen LogP contribution in [-0.4, -0.2) is 0 Å². The summed E-state index contributed by atoms with van der Waals surface area (Å²) >= 11 is 0. The van der Waals surface area contributed by atoms with E-state index < -0.39 is 0 Å². The summed E-state index contributed by atoms with van der Waals surface area (Å²) in [5.41, 5.74) is -0.0831. The van der Waals surface area contributed by atoms with Gasteiger partial charge in [-0.1, -0.05) is 5.22 Å². The van der Waals surface area contributed by atoms with E-state index in [1.165, 1.54) is 18.2 Å². The van der Waals surface area contributed by atoms with E-state index in [2.05, 4.69) is 6.07 Å². The molecule has 0 bridgehead atoms. The van der Waals surface area contributed by atoms with Gasteiger partial charge in [0.25, 0.3) is 0 Å². The van der Waals surface area contributed by atoms with Crippen molar-refractivity contribution < 1.29 is 51.4 Å². The van der Waals surface area contributed by atoms with Crippen molar-refractivity contribution in [1.82, 2.24) is 0 Å². The second kappa shape index (κ2) is 7.77.